The highest BCUT2D eigenvalue weighted by Gasteiger charge is 2.13. The van der Waals surface area contributed by atoms with E-state index in [1.54, 1.807) is 0 Å². The number of unbranched alkanes of at least 4 members (excludes halogenated alkanes) is 9. The Morgan fingerprint density at radius 2 is 1.19 bits per heavy atom. The molecule has 0 aromatic heterocycles. The molecule has 21 heavy (non-hydrogen) atoms. The maximum atomic E-state index is 3.67. The molecular formula is C20H43N. The van der Waals surface area contributed by atoms with Gasteiger partial charge >= 0.3 is 0 Å². The van der Waals surface area contributed by atoms with Gasteiger partial charge in [-0.3, -0.25) is 0 Å². The van der Waals surface area contributed by atoms with Crippen LogP contribution in [0.15, 0.2) is 0 Å². The first-order valence-corrected chi connectivity index (χ1v) is 9.99. The minimum atomic E-state index is 0.702. The second-order valence-corrected chi connectivity index (χ2v) is 6.88. The molecular weight excluding hydrogens is 254 g/mol. The molecule has 0 amide bonds. The van der Waals surface area contributed by atoms with E-state index in [4.69, 9.17) is 0 Å². The van der Waals surface area contributed by atoms with Gasteiger partial charge in [0.05, 0.1) is 0 Å². The molecule has 0 saturated heterocycles. The largest absolute Gasteiger partial charge is 0.314 e. The molecule has 0 bridgehead atoms. The summed E-state index contributed by atoms with van der Waals surface area (Å²) >= 11 is 0. The SMILES string of the molecule is CCCCCCCCCCCCC(CC)C(C)NCCC. The topological polar surface area (TPSA) is 12.0 Å². The van der Waals surface area contributed by atoms with Crippen molar-refractivity contribution in [2.75, 3.05) is 6.54 Å². The lowest BCUT2D eigenvalue weighted by molar-refractivity contribution is 0.332. The quantitative estimate of drug-likeness (QED) is 0.312. The summed E-state index contributed by atoms with van der Waals surface area (Å²) in [6, 6.07) is 0.702. The Hall–Kier alpha value is -0.0400. The third-order valence-electron chi connectivity index (χ3n) is 4.88. The Morgan fingerprint density at radius 1 is 0.667 bits per heavy atom. The van der Waals surface area contributed by atoms with Crippen molar-refractivity contribution >= 4 is 0 Å². The van der Waals surface area contributed by atoms with Gasteiger partial charge in [0.1, 0.15) is 0 Å². The van der Waals surface area contributed by atoms with Crippen LogP contribution < -0.4 is 5.32 Å². The Bertz CT molecular complexity index is 190. The van der Waals surface area contributed by atoms with Crippen LogP contribution in [0.4, 0.5) is 0 Å². The average molecular weight is 298 g/mol. The van der Waals surface area contributed by atoms with Gasteiger partial charge in [-0.1, -0.05) is 91.4 Å². The highest BCUT2D eigenvalue weighted by Crippen LogP contribution is 2.19. The van der Waals surface area contributed by atoms with Crippen LogP contribution in [0.25, 0.3) is 0 Å². The fourth-order valence-electron chi connectivity index (χ4n) is 3.24. The van der Waals surface area contributed by atoms with Crippen molar-refractivity contribution in [1.29, 1.82) is 0 Å². The lowest BCUT2D eigenvalue weighted by atomic mass is 9.91. The van der Waals surface area contributed by atoms with Crippen molar-refractivity contribution in [3.63, 3.8) is 0 Å². The van der Waals surface area contributed by atoms with Crippen LogP contribution in [0.1, 0.15) is 111 Å². The predicted octanol–water partition coefficient (Wildman–Crippen LogP) is 6.71. The van der Waals surface area contributed by atoms with Crippen molar-refractivity contribution in [2.24, 2.45) is 5.92 Å². The Morgan fingerprint density at radius 3 is 1.67 bits per heavy atom. The first-order chi connectivity index (χ1) is 10.3. The van der Waals surface area contributed by atoms with Crippen LogP contribution in [0.3, 0.4) is 0 Å². The second kappa shape index (κ2) is 16.3. The van der Waals surface area contributed by atoms with Crippen molar-refractivity contribution in [2.45, 2.75) is 117 Å². The molecule has 0 saturated carbocycles. The molecule has 0 aliphatic carbocycles. The van der Waals surface area contributed by atoms with Crippen molar-refractivity contribution in [3.05, 3.63) is 0 Å². The number of hydrogen-bond acceptors (Lipinski definition) is 1. The predicted molar refractivity (Wildman–Crippen MR) is 98.0 cm³/mol. The van der Waals surface area contributed by atoms with Gasteiger partial charge in [-0.2, -0.15) is 0 Å². The van der Waals surface area contributed by atoms with Crippen LogP contribution in [0.2, 0.25) is 0 Å². The van der Waals surface area contributed by atoms with Crippen molar-refractivity contribution in [1.82, 2.24) is 5.32 Å². The molecule has 0 aromatic carbocycles. The molecule has 0 heterocycles. The van der Waals surface area contributed by atoms with E-state index in [0.29, 0.717) is 6.04 Å². The zero-order valence-corrected chi connectivity index (χ0v) is 15.6. The fraction of sp³-hybridized carbons (Fsp3) is 1.00. The molecule has 0 aliphatic rings. The second-order valence-electron chi connectivity index (χ2n) is 6.88. The molecule has 0 spiro atoms. The number of nitrogens with one attached hydrogen (secondary N) is 1. The molecule has 0 aliphatic heterocycles. The third-order valence-corrected chi connectivity index (χ3v) is 4.88. The van der Waals surface area contributed by atoms with E-state index in [9.17, 15) is 0 Å². The number of rotatable bonds is 16. The highest BCUT2D eigenvalue weighted by molar-refractivity contribution is 4.71. The Balaban J connectivity index is 3.38. The van der Waals surface area contributed by atoms with Gasteiger partial charge in [0, 0.05) is 6.04 Å². The monoisotopic (exact) mass is 297 g/mol. The maximum Gasteiger partial charge on any atom is 0.00668 e. The fourth-order valence-corrected chi connectivity index (χ4v) is 3.24. The first-order valence-electron chi connectivity index (χ1n) is 9.99. The van der Waals surface area contributed by atoms with Gasteiger partial charge < -0.3 is 5.32 Å². The molecule has 2 atom stereocenters. The minimum Gasteiger partial charge on any atom is -0.314 e. The summed E-state index contributed by atoms with van der Waals surface area (Å²) in [5.41, 5.74) is 0. The summed E-state index contributed by atoms with van der Waals surface area (Å²) in [5, 5.41) is 3.67. The van der Waals surface area contributed by atoms with Crippen LogP contribution in [-0.2, 0) is 0 Å². The van der Waals surface area contributed by atoms with Crippen molar-refractivity contribution in [3.8, 4) is 0 Å². The number of hydrogen-bond donors (Lipinski definition) is 1. The molecule has 1 heteroatoms. The molecule has 0 aromatic rings. The molecule has 0 radical (unpaired) electrons. The normalized spacial score (nSPS) is 14.3. The Kier molecular flexibility index (Phi) is 16.3. The Labute approximate surface area is 135 Å². The van der Waals surface area contributed by atoms with Gasteiger partial charge in [-0.05, 0) is 32.2 Å². The lowest BCUT2D eigenvalue weighted by Gasteiger charge is -2.23. The van der Waals surface area contributed by atoms with E-state index < -0.39 is 0 Å². The summed E-state index contributed by atoms with van der Waals surface area (Å²) in [4.78, 5) is 0. The summed E-state index contributed by atoms with van der Waals surface area (Å²) in [6.45, 7) is 10.5. The van der Waals surface area contributed by atoms with Gasteiger partial charge in [-0.15, -0.1) is 0 Å². The molecule has 0 fully saturated rings. The smallest absolute Gasteiger partial charge is 0.00668 e. The highest BCUT2D eigenvalue weighted by atomic mass is 14.9. The van der Waals surface area contributed by atoms with Crippen LogP contribution >= 0.6 is 0 Å². The summed E-state index contributed by atoms with van der Waals surface area (Å²) in [6.07, 6.45) is 18.5. The molecule has 2 unspecified atom stereocenters. The molecule has 0 rings (SSSR count). The first kappa shape index (κ1) is 21.0. The summed E-state index contributed by atoms with van der Waals surface area (Å²) in [5.74, 6) is 0.880. The zero-order chi connectivity index (χ0) is 15.8. The van der Waals surface area contributed by atoms with Crippen molar-refractivity contribution < 1.29 is 0 Å². The van der Waals surface area contributed by atoms with E-state index >= 15 is 0 Å². The average Bonchev–Trinajstić information content (AvgIpc) is 2.50. The van der Waals surface area contributed by atoms with Crippen LogP contribution in [-0.4, -0.2) is 12.6 Å². The van der Waals surface area contributed by atoms with Gasteiger partial charge in [0.2, 0.25) is 0 Å². The lowest BCUT2D eigenvalue weighted by Crippen LogP contribution is -2.33. The molecule has 128 valence electrons. The maximum absolute atomic E-state index is 3.67. The summed E-state index contributed by atoms with van der Waals surface area (Å²) < 4.78 is 0. The van der Waals surface area contributed by atoms with Gasteiger partial charge in [-0.25, -0.2) is 0 Å². The van der Waals surface area contributed by atoms with Gasteiger partial charge in [0.25, 0.3) is 0 Å². The minimum absolute atomic E-state index is 0.702. The molecule has 1 nitrogen and oxygen atoms in total. The summed E-state index contributed by atoms with van der Waals surface area (Å²) in [7, 11) is 0. The van der Waals surface area contributed by atoms with E-state index in [2.05, 4.69) is 33.0 Å². The zero-order valence-electron chi connectivity index (χ0n) is 15.6. The van der Waals surface area contributed by atoms with Crippen LogP contribution in [0, 0.1) is 5.92 Å². The van der Waals surface area contributed by atoms with E-state index in [0.717, 1.165) is 5.92 Å². The van der Waals surface area contributed by atoms with Gasteiger partial charge in [0.15, 0.2) is 0 Å². The van der Waals surface area contributed by atoms with E-state index in [1.807, 2.05) is 0 Å². The standard InChI is InChI=1S/C20H43N/c1-5-8-9-10-11-12-13-14-15-16-17-20(7-3)19(4)21-18-6-2/h19-21H,5-18H2,1-4H3. The van der Waals surface area contributed by atoms with E-state index in [-0.39, 0.29) is 0 Å². The molecule has 1 N–H and O–H groups in total. The third kappa shape index (κ3) is 13.4. The van der Waals surface area contributed by atoms with Crippen LogP contribution in [0.5, 0.6) is 0 Å². The van der Waals surface area contributed by atoms with E-state index in [1.165, 1.54) is 90.0 Å².